The molecule has 6 nitrogen and oxygen atoms in total. The first kappa shape index (κ1) is 19.5. The zero-order valence-corrected chi connectivity index (χ0v) is 16.9. The van der Waals surface area contributed by atoms with Gasteiger partial charge >= 0.3 is 0 Å². The average molecular weight is 424 g/mol. The summed E-state index contributed by atoms with van der Waals surface area (Å²) < 4.78 is 30.0. The second-order valence-electron chi connectivity index (χ2n) is 7.90. The van der Waals surface area contributed by atoms with Crippen LogP contribution in [-0.4, -0.2) is 33.7 Å². The molecule has 0 saturated carbocycles. The standard InChI is InChI=1S/C23H22F2N4O2/c24-14-6-4-7-15(25)20(14)27-23(31)19-18(30)10-13-29-17-9-5-8-16(21(17)26-22(19)29)28-11-2-1-3-12-28/h4-9,30H,1-3,10-13H2,(H,27,31). The highest BCUT2D eigenvalue weighted by molar-refractivity contribution is 6.25. The van der Waals surface area contributed by atoms with E-state index >= 15 is 0 Å². The number of nitrogens with zero attached hydrogens (tertiary/aromatic N) is 3. The van der Waals surface area contributed by atoms with Crippen molar-refractivity contribution in [3.8, 4) is 0 Å². The Hall–Kier alpha value is -3.42. The highest BCUT2D eigenvalue weighted by atomic mass is 19.1. The van der Waals surface area contributed by atoms with Crippen molar-refractivity contribution in [2.45, 2.75) is 32.2 Å². The Labute approximate surface area is 177 Å². The lowest BCUT2D eigenvalue weighted by Gasteiger charge is -2.28. The lowest BCUT2D eigenvalue weighted by molar-refractivity contribution is -0.111. The maximum absolute atomic E-state index is 14.0. The van der Waals surface area contributed by atoms with Gasteiger partial charge in [0.2, 0.25) is 0 Å². The summed E-state index contributed by atoms with van der Waals surface area (Å²) in [6.07, 6.45) is 3.67. The number of allylic oxidation sites excluding steroid dienone is 1. The summed E-state index contributed by atoms with van der Waals surface area (Å²) in [5.41, 5.74) is 2.02. The molecule has 1 amide bonds. The molecule has 1 fully saturated rings. The van der Waals surface area contributed by atoms with Gasteiger partial charge in [-0.25, -0.2) is 13.8 Å². The quantitative estimate of drug-likeness (QED) is 0.644. The second-order valence-corrected chi connectivity index (χ2v) is 7.90. The maximum atomic E-state index is 14.0. The van der Waals surface area contributed by atoms with E-state index in [0.29, 0.717) is 12.4 Å². The van der Waals surface area contributed by atoms with Crippen LogP contribution in [-0.2, 0) is 11.3 Å². The first-order valence-corrected chi connectivity index (χ1v) is 10.5. The average Bonchev–Trinajstić information content (AvgIpc) is 3.15. The third-order valence-corrected chi connectivity index (χ3v) is 5.97. The van der Waals surface area contributed by atoms with Crippen LogP contribution < -0.4 is 10.2 Å². The molecular weight excluding hydrogens is 402 g/mol. The minimum Gasteiger partial charge on any atom is -0.511 e. The Kier molecular flexibility index (Phi) is 4.84. The van der Waals surface area contributed by atoms with E-state index in [1.54, 1.807) is 0 Å². The molecule has 0 radical (unpaired) electrons. The van der Waals surface area contributed by atoms with Crippen molar-refractivity contribution < 1.29 is 18.7 Å². The number of piperidine rings is 1. The number of nitrogens with one attached hydrogen (secondary N) is 1. The van der Waals surface area contributed by atoms with E-state index in [9.17, 15) is 18.7 Å². The molecule has 2 aliphatic heterocycles. The van der Waals surface area contributed by atoms with Gasteiger partial charge in [0.15, 0.2) is 0 Å². The number of benzene rings is 2. The van der Waals surface area contributed by atoms with Gasteiger partial charge in [-0.3, -0.25) is 4.79 Å². The smallest absolute Gasteiger partial charge is 0.263 e. The highest BCUT2D eigenvalue weighted by Crippen LogP contribution is 2.35. The molecule has 0 spiro atoms. The molecular formula is C23H22F2N4O2. The molecule has 31 heavy (non-hydrogen) atoms. The van der Waals surface area contributed by atoms with E-state index in [1.807, 2.05) is 22.8 Å². The minimum atomic E-state index is -0.884. The predicted molar refractivity (Wildman–Crippen MR) is 115 cm³/mol. The number of para-hydroxylation sites is 2. The number of carbonyl (C=O) groups is 1. The van der Waals surface area contributed by atoms with Gasteiger partial charge in [-0.15, -0.1) is 0 Å². The van der Waals surface area contributed by atoms with E-state index in [0.717, 1.165) is 54.8 Å². The monoisotopic (exact) mass is 424 g/mol. The van der Waals surface area contributed by atoms with Crippen LogP contribution in [0.1, 0.15) is 31.5 Å². The molecule has 2 aromatic carbocycles. The summed E-state index contributed by atoms with van der Waals surface area (Å²) in [7, 11) is 0. The Balaban J connectivity index is 1.57. The molecule has 5 rings (SSSR count). The van der Waals surface area contributed by atoms with E-state index in [2.05, 4.69) is 10.2 Å². The van der Waals surface area contributed by atoms with Crippen molar-refractivity contribution in [1.29, 1.82) is 0 Å². The van der Waals surface area contributed by atoms with Gasteiger partial charge < -0.3 is 19.9 Å². The fourth-order valence-corrected chi connectivity index (χ4v) is 4.44. The van der Waals surface area contributed by atoms with Crippen LogP contribution in [0.3, 0.4) is 0 Å². The van der Waals surface area contributed by atoms with Crippen LogP contribution in [0.25, 0.3) is 16.6 Å². The Morgan fingerprint density at radius 3 is 2.45 bits per heavy atom. The van der Waals surface area contributed by atoms with Gasteiger partial charge in [0.1, 0.15) is 40.0 Å². The van der Waals surface area contributed by atoms with Gasteiger partial charge in [0.05, 0.1) is 11.2 Å². The number of halogens is 2. The number of amides is 1. The van der Waals surface area contributed by atoms with E-state index in [-0.39, 0.29) is 17.8 Å². The van der Waals surface area contributed by atoms with Crippen molar-refractivity contribution in [2.75, 3.05) is 23.3 Å². The second kappa shape index (κ2) is 7.68. The number of hydrogen-bond acceptors (Lipinski definition) is 4. The molecule has 0 unspecified atom stereocenters. The number of aryl methyl sites for hydroxylation is 1. The van der Waals surface area contributed by atoms with Crippen molar-refractivity contribution in [1.82, 2.24) is 9.55 Å². The molecule has 0 atom stereocenters. The molecule has 160 valence electrons. The number of rotatable bonds is 3. The van der Waals surface area contributed by atoms with Crippen LogP contribution >= 0.6 is 0 Å². The van der Waals surface area contributed by atoms with E-state index in [1.165, 1.54) is 12.5 Å². The number of aliphatic hydroxyl groups is 1. The zero-order chi connectivity index (χ0) is 21.5. The van der Waals surface area contributed by atoms with Gasteiger partial charge in [-0.2, -0.15) is 0 Å². The molecule has 2 N–H and O–H groups in total. The number of aliphatic hydroxyl groups excluding tert-OH is 1. The molecule has 2 aliphatic rings. The summed E-state index contributed by atoms with van der Waals surface area (Å²) in [5.74, 6) is -2.40. The lowest BCUT2D eigenvalue weighted by atomic mass is 10.1. The summed E-state index contributed by atoms with van der Waals surface area (Å²) in [6.45, 7) is 2.36. The number of carbonyl (C=O) groups excluding carboxylic acids is 1. The fourth-order valence-electron chi connectivity index (χ4n) is 4.44. The van der Waals surface area contributed by atoms with Gasteiger partial charge in [0, 0.05) is 26.1 Å². The van der Waals surface area contributed by atoms with Crippen molar-refractivity contribution in [3.63, 3.8) is 0 Å². The molecule has 3 heterocycles. The van der Waals surface area contributed by atoms with Crippen molar-refractivity contribution in [3.05, 3.63) is 59.6 Å². The van der Waals surface area contributed by atoms with Crippen LogP contribution in [0, 0.1) is 11.6 Å². The number of anilines is 2. The zero-order valence-electron chi connectivity index (χ0n) is 16.9. The third kappa shape index (κ3) is 3.32. The highest BCUT2D eigenvalue weighted by Gasteiger charge is 2.30. The van der Waals surface area contributed by atoms with E-state index in [4.69, 9.17) is 4.98 Å². The van der Waals surface area contributed by atoms with Crippen LogP contribution in [0.2, 0.25) is 0 Å². The molecule has 8 heteroatoms. The van der Waals surface area contributed by atoms with Crippen LogP contribution in [0.15, 0.2) is 42.2 Å². The first-order valence-electron chi connectivity index (χ1n) is 10.5. The normalized spacial score (nSPS) is 16.5. The number of imidazole rings is 1. The van der Waals surface area contributed by atoms with Gasteiger partial charge in [-0.1, -0.05) is 12.1 Å². The fraction of sp³-hybridized carbons (Fsp3) is 0.304. The molecule has 3 aromatic rings. The first-order chi connectivity index (χ1) is 15.0. The molecule has 0 bridgehead atoms. The molecule has 1 saturated heterocycles. The number of fused-ring (bicyclic) bond motifs is 3. The minimum absolute atomic E-state index is 0.0605. The van der Waals surface area contributed by atoms with Crippen molar-refractivity contribution in [2.24, 2.45) is 0 Å². The Morgan fingerprint density at radius 2 is 1.71 bits per heavy atom. The lowest BCUT2D eigenvalue weighted by Crippen LogP contribution is -2.29. The van der Waals surface area contributed by atoms with Gasteiger partial charge in [0.25, 0.3) is 5.91 Å². The maximum Gasteiger partial charge on any atom is 0.263 e. The topological polar surface area (TPSA) is 70.4 Å². The van der Waals surface area contributed by atoms with Crippen LogP contribution in [0.4, 0.5) is 20.2 Å². The third-order valence-electron chi connectivity index (χ3n) is 5.97. The largest absolute Gasteiger partial charge is 0.511 e. The Bertz CT molecular complexity index is 1190. The predicted octanol–water partition coefficient (Wildman–Crippen LogP) is 4.62. The summed E-state index contributed by atoms with van der Waals surface area (Å²) in [5, 5.41) is 12.8. The number of aromatic nitrogens is 2. The summed E-state index contributed by atoms with van der Waals surface area (Å²) in [4.78, 5) is 20.0. The summed E-state index contributed by atoms with van der Waals surface area (Å²) >= 11 is 0. The van der Waals surface area contributed by atoms with Crippen LogP contribution in [0.5, 0.6) is 0 Å². The van der Waals surface area contributed by atoms with Gasteiger partial charge in [-0.05, 0) is 43.5 Å². The van der Waals surface area contributed by atoms with Crippen molar-refractivity contribution >= 4 is 33.9 Å². The molecule has 1 aromatic heterocycles. The number of hydrogen-bond donors (Lipinski definition) is 2. The SMILES string of the molecule is O=C(Nc1c(F)cccc1F)C1=C(O)CCn2c1nc1c(N3CCCCC3)cccc12. The Morgan fingerprint density at radius 1 is 1.00 bits per heavy atom. The summed E-state index contributed by atoms with van der Waals surface area (Å²) in [6, 6.07) is 9.27. The molecule has 0 aliphatic carbocycles. The van der Waals surface area contributed by atoms with E-state index < -0.39 is 23.2 Å².